The van der Waals surface area contributed by atoms with Gasteiger partial charge in [0.2, 0.25) is 0 Å². The standard InChI is InChI=1S/C17H23BN2O2.C12H24B2O4.C11H11BrN2.CH4/c1-13-15(18-21-16(2,3)17(4,5)22-18)12-20(19-13)11-14-9-7-6-8-10-14;1-9(2)10(3,4)16-13(15-9)14-17-11(5,6)12(7,8)18-14;1-9-11(12)8-14(13-9)7-10-5-3-2-4-6-10;/h6-10,12H,11H2,1-5H3;1-8H3;2-6,8H,7H2,1H3;1H4. The van der Waals surface area contributed by atoms with Crippen molar-refractivity contribution in [2.24, 2.45) is 0 Å². The van der Waals surface area contributed by atoms with Gasteiger partial charge in [0.15, 0.2) is 0 Å². The van der Waals surface area contributed by atoms with E-state index < -0.39 is 14.0 Å². The van der Waals surface area contributed by atoms with Crippen LogP contribution in [0, 0.1) is 13.8 Å². The van der Waals surface area contributed by atoms with E-state index in [0.29, 0.717) is 0 Å². The molecule has 55 heavy (non-hydrogen) atoms. The van der Waals surface area contributed by atoms with Gasteiger partial charge in [-0.2, -0.15) is 10.2 Å². The molecule has 0 unspecified atom stereocenters. The number of hydrogen-bond acceptors (Lipinski definition) is 8. The summed E-state index contributed by atoms with van der Waals surface area (Å²) < 4.78 is 41.0. The fourth-order valence-corrected chi connectivity index (χ4v) is 6.25. The first-order chi connectivity index (χ1) is 24.9. The third-order valence-electron chi connectivity index (χ3n) is 11.5. The van der Waals surface area contributed by atoms with Crippen LogP contribution in [0.1, 0.15) is 113 Å². The van der Waals surface area contributed by atoms with Crippen LogP contribution in [0.15, 0.2) is 77.5 Å². The normalized spacial score (nSPS) is 21.0. The largest absolute Gasteiger partial charge is 0.498 e. The zero-order valence-electron chi connectivity index (χ0n) is 34.7. The molecule has 0 N–H and O–H groups in total. The lowest BCUT2D eigenvalue weighted by atomic mass is 9.49. The summed E-state index contributed by atoms with van der Waals surface area (Å²) >= 11 is 3.45. The molecule has 0 spiro atoms. The number of benzene rings is 2. The lowest BCUT2D eigenvalue weighted by Crippen LogP contribution is -2.41. The molecule has 2 aromatic heterocycles. The van der Waals surface area contributed by atoms with Crippen molar-refractivity contribution < 1.29 is 27.9 Å². The highest BCUT2D eigenvalue weighted by atomic mass is 79.9. The minimum Gasteiger partial charge on any atom is -0.405 e. The molecule has 0 radical (unpaired) electrons. The van der Waals surface area contributed by atoms with Gasteiger partial charge in [0.25, 0.3) is 0 Å². The minimum absolute atomic E-state index is 0. The van der Waals surface area contributed by atoms with Gasteiger partial charge in [-0.15, -0.1) is 0 Å². The topological polar surface area (TPSA) is 91.0 Å². The minimum atomic E-state index is -0.476. The molecule has 3 aliphatic heterocycles. The molecule has 3 aliphatic rings. The summed E-state index contributed by atoms with van der Waals surface area (Å²) in [4.78, 5) is 0. The van der Waals surface area contributed by atoms with Crippen molar-refractivity contribution in [1.82, 2.24) is 19.6 Å². The molecular formula is C41H62B3BrN4O6. The summed E-state index contributed by atoms with van der Waals surface area (Å²) in [6.45, 7) is 30.0. The molecule has 10 nitrogen and oxygen atoms in total. The zero-order valence-corrected chi connectivity index (χ0v) is 36.3. The van der Waals surface area contributed by atoms with Crippen LogP contribution in [0.4, 0.5) is 0 Å². The third kappa shape index (κ3) is 10.2. The second kappa shape index (κ2) is 16.6. The van der Waals surface area contributed by atoms with Crippen molar-refractivity contribution >= 4 is 42.5 Å². The number of aromatic nitrogens is 4. The van der Waals surface area contributed by atoms with Gasteiger partial charge in [-0.25, -0.2) is 0 Å². The van der Waals surface area contributed by atoms with Gasteiger partial charge in [-0.05, 0) is 124 Å². The van der Waals surface area contributed by atoms with Gasteiger partial charge >= 0.3 is 21.1 Å². The molecule has 14 heteroatoms. The highest BCUT2D eigenvalue weighted by Gasteiger charge is 2.63. The van der Waals surface area contributed by atoms with E-state index in [2.05, 4.69) is 78.1 Å². The molecule has 0 amide bonds. The van der Waals surface area contributed by atoms with Crippen LogP contribution in [-0.4, -0.2) is 74.3 Å². The van der Waals surface area contributed by atoms with E-state index >= 15 is 0 Å². The summed E-state index contributed by atoms with van der Waals surface area (Å²) in [5, 5.41) is 8.98. The maximum Gasteiger partial charge on any atom is 0.498 e. The summed E-state index contributed by atoms with van der Waals surface area (Å²) in [5.41, 5.74) is 3.39. The molecular weight excluding hydrogens is 757 g/mol. The van der Waals surface area contributed by atoms with Crippen LogP contribution in [0.3, 0.4) is 0 Å². The monoisotopic (exact) mass is 818 g/mol. The van der Waals surface area contributed by atoms with Gasteiger partial charge < -0.3 is 27.9 Å². The first-order valence-electron chi connectivity index (χ1n) is 18.8. The van der Waals surface area contributed by atoms with Gasteiger partial charge in [-0.3, -0.25) is 9.36 Å². The fraction of sp³-hybridized carbons (Fsp3) is 0.561. The molecule has 3 fully saturated rings. The molecule has 0 bridgehead atoms. The maximum absolute atomic E-state index is 6.12. The third-order valence-corrected chi connectivity index (χ3v) is 12.3. The fourth-order valence-electron chi connectivity index (χ4n) is 5.93. The zero-order chi connectivity index (χ0) is 39.9. The molecule has 0 saturated carbocycles. The summed E-state index contributed by atoms with van der Waals surface area (Å²) in [6.07, 6.45) is 4.03. The lowest BCUT2D eigenvalue weighted by molar-refractivity contribution is 0.00578. The Hall–Kier alpha value is -2.71. The Kier molecular flexibility index (Phi) is 13.6. The molecule has 3 saturated heterocycles. The second-order valence-electron chi connectivity index (χ2n) is 17.4. The number of hydrogen-bond donors (Lipinski definition) is 0. The molecule has 2 aromatic carbocycles. The Morgan fingerprint density at radius 1 is 0.509 bits per heavy atom. The van der Waals surface area contributed by atoms with E-state index in [9.17, 15) is 0 Å². The van der Waals surface area contributed by atoms with Crippen LogP contribution in [0.2, 0.25) is 0 Å². The number of nitrogens with zero attached hydrogens (tertiary/aromatic N) is 4. The van der Waals surface area contributed by atoms with Crippen LogP contribution in [0.25, 0.3) is 0 Å². The van der Waals surface area contributed by atoms with Crippen LogP contribution < -0.4 is 5.46 Å². The molecule has 0 aliphatic carbocycles. The molecule has 4 aromatic rings. The first-order valence-corrected chi connectivity index (χ1v) is 19.6. The number of halogens is 1. The summed E-state index contributed by atoms with van der Waals surface area (Å²) in [7, 11) is -1.30. The highest BCUT2D eigenvalue weighted by Crippen LogP contribution is 2.43. The average molecular weight is 819 g/mol. The van der Waals surface area contributed by atoms with Crippen molar-refractivity contribution in [3.63, 3.8) is 0 Å². The quantitative estimate of drug-likeness (QED) is 0.179. The van der Waals surface area contributed by atoms with E-state index in [4.69, 9.17) is 27.9 Å². The molecule has 298 valence electrons. The Balaban J connectivity index is 0.000000186. The predicted molar refractivity (Wildman–Crippen MR) is 227 cm³/mol. The summed E-state index contributed by atoms with van der Waals surface area (Å²) in [6, 6.07) is 20.6. The van der Waals surface area contributed by atoms with E-state index in [1.807, 2.05) is 127 Å². The molecule has 5 heterocycles. The van der Waals surface area contributed by atoms with Crippen molar-refractivity contribution in [3.8, 4) is 0 Å². The smallest absolute Gasteiger partial charge is 0.405 e. The Morgan fingerprint density at radius 2 is 0.836 bits per heavy atom. The predicted octanol–water partition coefficient (Wildman–Crippen LogP) is 8.43. The lowest BCUT2D eigenvalue weighted by Gasteiger charge is -2.32. The SMILES string of the molecule is C.CC1(C)OB(B2OC(C)(C)C(C)(C)O2)OC1(C)C.Cc1nn(Cc2ccccc2)cc1B1OC(C)(C)C(C)(C)O1.Cc1nn(Cc2ccccc2)cc1Br. The number of aryl methyl sites for hydroxylation is 2. The average Bonchev–Trinajstić information content (AvgIpc) is 3.77. The van der Waals surface area contributed by atoms with E-state index in [-0.39, 0.29) is 48.2 Å². The second-order valence-corrected chi connectivity index (χ2v) is 18.3. The molecule has 0 atom stereocenters. The number of rotatable bonds is 6. The van der Waals surface area contributed by atoms with Crippen LogP contribution in [-0.2, 0) is 41.0 Å². The Bertz CT molecular complexity index is 1760. The van der Waals surface area contributed by atoms with Gasteiger partial charge in [-0.1, -0.05) is 68.1 Å². The van der Waals surface area contributed by atoms with Gasteiger partial charge in [0.05, 0.1) is 62.6 Å². The first kappa shape index (κ1) is 45.0. The van der Waals surface area contributed by atoms with Crippen molar-refractivity contribution in [3.05, 3.63) is 100 Å². The van der Waals surface area contributed by atoms with E-state index in [1.54, 1.807) is 0 Å². The van der Waals surface area contributed by atoms with E-state index in [1.165, 1.54) is 11.1 Å². The maximum atomic E-state index is 6.12. The van der Waals surface area contributed by atoms with Crippen LogP contribution >= 0.6 is 15.9 Å². The summed E-state index contributed by atoms with van der Waals surface area (Å²) in [5.74, 6) is 0. The van der Waals surface area contributed by atoms with E-state index in [0.717, 1.165) is 34.4 Å². The van der Waals surface area contributed by atoms with Crippen molar-refractivity contribution in [2.45, 2.75) is 151 Å². The van der Waals surface area contributed by atoms with Gasteiger partial charge in [0, 0.05) is 17.9 Å². The molecule has 7 rings (SSSR count). The Labute approximate surface area is 339 Å². The van der Waals surface area contributed by atoms with Crippen LogP contribution in [0.5, 0.6) is 0 Å². The Morgan fingerprint density at radius 3 is 1.18 bits per heavy atom. The highest BCUT2D eigenvalue weighted by molar-refractivity contribution is 9.10. The van der Waals surface area contributed by atoms with Gasteiger partial charge in [0.1, 0.15) is 0 Å². The van der Waals surface area contributed by atoms with Crippen molar-refractivity contribution in [1.29, 1.82) is 0 Å². The van der Waals surface area contributed by atoms with Crippen molar-refractivity contribution in [2.75, 3.05) is 0 Å².